The molecule has 26 heavy (non-hydrogen) atoms. The van der Waals surface area contributed by atoms with Gasteiger partial charge >= 0.3 is 0 Å². The van der Waals surface area contributed by atoms with E-state index in [1.807, 2.05) is 30.3 Å². The molecular weight excluding hydrogens is 352 g/mol. The average molecular weight is 366 g/mol. The Bertz CT molecular complexity index is 1070. The summed E-state index contributed by atoms with van der Waals surface area (Å²) in [5.74, 6) is -1.15. The van der Waals surface area contributed by atoms with E-state index >= 15 is 0 Å². The fraction of sp³-hybridized carbons (Fsp3) is 0.0588. The molecular formula is C17H14N6O2S. The van der Waals surface area contributed by atoms with Crippen LogP contribution in [0.4, 0.5) is 11.5 Å². The van der Waals surface area contributed by atoms with E-state index < -0.39 is 11.8 Å². The molecule has 130 valence electrons. The number of fused-ring (bicyclic) bond motifs is 1. The minimum absolute atomic E-state index is 0.0594. The third kappa shape index (κ3) is 2.89. The molecule has 9 heteroatoms. The van der Waals surface area contributed by atoms with Crippen LogP contribution in [-0.2, 0) is 4.79 Å². The predicted molar refractivity (Wildman–Crippen MR) is 100 cm³/mol. The number of aromatic nitrogens is 1. The van der Waals surface area contributed by atoms with Crippen molar-refractivity contribution < 1.29 is 9.59 Å². The molecule has 1 aromatic carbocycles. The second-order valence-corrected chi connectivity index (χ2v) is 6.40. The molecule has 2 amide bonds. The Labute approximate surface area is 152 Å². The van der Waals surface area contributed by atoms with E-state index in [1.54, 1.807) is 0 Å². The highest BCUT2D eigenvalue weighted by atomic mass is 32.1. The summed E-state index contributed by atoms with van der Waals surface area (Å²) in [6.07, 6.45) is 0. The van der Waals surface area contributed by atoms with Gasteiger partial charge in [0, 0.05) is 10.9 Å². The quantitative estimate of drug-likeness (QED) is 0.542. The van der Waals surface area contributed by atoms with E-state index in [2.05, 4.69) is 16.4 Å². The zero-order valence-electron chi connectivity index (χ0n) is 13.4. The molecule has 0 saturated heterocycles. The molecule has 0 saturated carbocycles. The molecule has 2 heterocycles. The van der Waals surface area contributed by atoms with Crippen molar-refractivity contribution >= 4 is 44.9 Å². The summed E-state index contributed by atoms with van der Waals surface area (Å²) in [7, 11) is 0. The van der Waals surface area contributed by atoms with Crippen molar-refractivity contribution in [3.05, 3.63) is 40.8 Å². The van der Waals surface area contributed by atoms with E-state index in [0.717, 1.165) is 16.9 Å². The Morgan fingerprint density at radius 2 is 1.92 bits per heavy atom. The van der Waals surface area contributed by atoms with Crippen molar-refractivity contribution in [1.82, 2.24) is 10.3 Å². The molecule has 3 rings (SSSR count). The lowest BCUT2D eigenvalue weighted by atomic mass is 9.97. The number of carbonyl (C=O) groups is 2. The topological polar surface area (TPSA) is 161 Å². The summed E-state index contributed by atoms with van der Waals surface area (Å²) in [6, 6.07) is 11.2. The maximum absolute atomic E-state index is 12.3. The number of nitrogens with two attached hydrogens (primary N) is 3. The Hall–Kier alpha value is -3.64. The number of hydrogen-bond acceptors (Lipinski definition) is 7. The number of carbonyl (C=O) groups excluding carboxylic acids is 2. The number of nitrogens with zero attached hydrogens (tertiary/aromatic N) is 2. The SMILES string of the molecule is N#Cc1c(N)nc2sc(C(=O)NCC(N)=O)c(N)c2c1-c1ccccc1. The number of nitriles is 1. The number of nitrogen functional groups attached to an aromatic ring is 2. The van der Waals surface area contributed by atoms with Gasteiger partial charge in [-0.15, -0.1) is 11.3 Å². The van der Waals surface area contributed by atoms with Crippen LogP contribution in [0.25, 0.3) is 21.3 Å². The van der Waals surface area contributed by atoms with Crippen LogP contribution in [0.15, 0.2) is 30.3 Å². The van der Waals surface area contributed by atoms with Gasteiger partial charge < -0.3 is 22.5 Å². The molecule has 0 spiro atoms. The molecule has 0 unspecified atom stereocenters. The fourth-order valence-corrected chi connectivity index (χ4v) is 3.62. The molecule has 0 atom stereocenters. The number of hydrogen-bond donors (Lipinski definition) is 4. The van der Waals surface area contributed by atoms with Crippen LogP contribution in [0.3, 0.4) is 0 Å². The summed E-state index contributed by atoms with van der Waals surface area (Å²) in [4.78, 5) is 28.0. The fourth-order valence-electron chi connectivity index (χ4n) is 2.59. The van der Waals surface area contributed by atoms with Gasteiger partial charge in [-0.1, -0.05) is 30.3 Å². The molecule has 8 nitrogen and oxygen atoms in total. The predicted octanol–water partition coefficient (Wildman–Crippen LogP) is 1.21. The largest absolute Gasteiger partial charge is 0.397 e. The smallest absolute Gasteiger partial charge is 0.264 e. The molecule has 0 aliphatic rings. The normalized spacial score (nSPS) is 10.4. The van der Waals surface area contributed by atoms with E-state index in [0.29, 0.717) is 15.8 Å². The molecule has 0 radical (unpaired) electrons. The van der Waals surface area contributed by atoms with Gasteiger partial charge in [0.05, 0.1) is 12.2 Å². The van der Waals surface area contributed by atoms with Crippen LogP contribution < -0.4 is 22.5 Å². The summed E-state index contributed by atoms with van der Waals surface area (Å²) in [6.45, 7) is -0.308. The zero-order chi connectivity index (χ0) is 18.8. The second kappa shape index (κ2) is 6.70. The van der Waals surface area contributed by atoms with Crippen molar-refractivity contribution in [1.29, 1.82) is 5.26 Å². The van der Waals surface area contributed by atoms with Crippen LogP contribution >= 0.6 is 11.3 Å². The Morgan fingerprint density at radius 3 is 2.54 bits per heavy atom. The monoisotopic (exact) mass is 366 g/mol. The van der Waals surface area contributed by atoms with Crippen molar-refractivity contribution in [3.8, 4) is 17.2 Å². The second-order valence-electron chi connectivity index (χ2n) is 5.40. The molecule has 7 N–H and O–H groups in total. The van der Waals surface area contributed by atoms with Gasteiger partial charge in [-0.05, 0) is 5.56 Å². The van der Waals surface area contributed by atoms with Crippen molar-refractivity contribution in [2.24, 2.45) is 5.73 Å². The molecule has 3 aromatic rings. The van der Waals surface area contributed by atoms with Gasteiger partial charge in [0.1, 0.15) is 27.2 Å². The number of amides is 2. The first-order valence-corrected chi connectivity index (χ1v) is 8.29. The highest BCUT2D eigenvalue weighted by Gasteiger charge is 2.24. The van der Waals surface area contributed by atoms with E-state index in [9.17, 15) is 14.9 Å². The van der Waals surface area contributed by atoms with Crippen LogP contribution in [0.2, 0.25) is 0 Å². The van der Waals surface area contributed by atoms with E-state index in [4.69, 9.17) is 17.2 Å². The van der Waals surface area contributed by atoms with Crippen LogP contribution in [-0.4, -0.2) is 23.3 Å². The molecule has 2 aromatic heterocycles. The molecule has 0 bridgehead atoms. The summed E-state index contributed by atoms with van der Waals surface area (Å²) in [5.41, 5.74) is 18.8. The summed E-state index contributed by atoms with van der Waals surface area (Å²) >= 11 is 1.04. The van der Waals surface area contributed by atoms with Gasteiger partial charge in [0.15, 0.2) is 0 Å². The standard InChI is InChI=1S/C17H14N6O2S/c18-6-9-11(8-4-2-1-3-5-8)12-13(20)14(16(25)22-7-10(19)24)26-17(12)23-15(9)21/h1-5H,7,20H2,(H2,19,24)(H2,21,23)(H,22,25). The molecule has 0 aliphatic carbocycles. The Morgan fingerprint density at radius 1 is 1.23 bits per heavy atom. The first-order valence-electron chi connectivity index (χ1n) is 7.47. The number of pyridine rings is 1. The third-order valence-corrected chi connectivity index (χ3v) is 4.81. The van der Waals surface area contributed by atoms with E-state index in [1.165, 1.54) is 0 Å². The summed E-state index contributed by atoms with van der Waals surface area (Å²) in [5, 5.41) is 12.4. The minimum Gasteiger partial charge on any atom is -0.397 e. The summed E-state index contributed by atoms with van der Waals surface area (Å²) < 4.78 is 0. The van der Waals surface area contributed by atoms with Crippen LogP contribution in [0.1, 0.15) is 15.2 Å². The number of benzene rings is 1. The van der Waals surface area contributed by atoms with Gasteiger partial charge in [-0.25, -0.2) is 4.98 Å². The lowest BCUT2D eigenvalue weighted by Crippen LogP contribution is -2.33. The Balaban J connectivity index is 2.27. The molecule has 0 fully saturated rings. The van der Waals surface area contributed by atoms with Crippen molar-refractivity contribution in [3.63, 3.8) is 0 Å². The lowest BCUT2D eigenvalue weighted by molar-refractivity contribution is -0.117. The first-order chi connectivity index (χ1) is 12.4. The maximum atomic E-state index is 12.3. The third-order valence-electron chi connectivity index (χ3n) is 3.71. The first kappa shape index (κ1) is 17.2. The van der Waals surface area contributed by atoms with Crippen molar-refractivity contribution in [2.75, 3.05) is 18.0 Å². The number of rotatable bonds is 4. The van der Waals surface area contributed by atoms with E-state index in [-0.39, 0.29) is 28.5 Å². The Kier molecular flexibility index (Phi) is 4.43. The number of nitrogens with one attached hydrogen (secondary N) is 1. The average Bonchev–Trinajstić information content (AvgIpc) is 2.95. The van der Waals surface area contributed by atoms with Crippen LogP contribution in [0.5, 0.6) is 0 Å². The zero-order valence-corrected chi connectivity index (χ0v) is 14.3. The highest BCUT2D eigenvalue weighted by Crippen LogP contribution is 2.42. The van der Waals surface area contributed by atoms with Crippen molar-refractivity contribution in [2.45, 2.75) is 0 Å². The van der Waals surface area contributed by atoms with Gasteiger partial charge in [-0.2, -0.15) is 5.26 Å². The van der Waals surface area contributed by atoms with Gasteiger partial charge in [-0.3, -0.25) is 9.59 Å². The number of thiophene rings is 1. The molecule has 0 aliphatic heterocycles. The number of anilines is 2. The van der Waals surface area contributed by atoms with Gasteiger partial charge in [0.25, 0.3) is 5.91 Å². The lowest BCUT2D eigenvalue weighted by Gasteiger charge is -2.09. The van der Waals surface area contributed by atoms with Crippen LogP contribution in [0, 0.1) is 11.3 Å². The highest BCUT2D eigenvalue weighted by molar-refractivity contribution is 7.21. The maximum Gasteiger partial charge on any atom is 0.264 e. The number of primary amides is 1. The minimum atomic E-state index is -0.669. The van der Waals surface area contributed by atoms with Gasteiger partial charge in [0.2, 0.25) is 5.91 Å².